The second kappa shape index (κ2) is 13.3. The lowest BCUT2D eigenvalue weighted by atomic mass is 9.84. The van der Waals surface area contributed by atoms with E-state index < -0.39 is 46.8 Å². The minimum Gasteiger partial charge on any atom is -0.489 e. The number of ether oxygens (including phenoxy) is 1. The number of pyridine rings is 1. The van der Waals surface area contributed by atoms with Crippen LogP contribution in [0, 0.1) is 29.3 Å². The molecule has 0 spiro atoms. The molecule has 1 aliphatic heterocycles. The van der Waals surface area contributed by atoms with Gasteiger partial charge in [-0.3, -0.25) is 9.67 Å². The minimum atomic E-state index is -4.14. The molecule has 0 amide bonds. The summed E-state index contributed by atoms with van der Waals surface area (Å²) in [7, 11) is 0. The van der Waals surface area contributed by atoms with Crippen molar-refractivity contribution in [1.82, 2.24) is 14.8 Å². The van der Waals surface area contributed by atoms with Gasteiger partial charge in [-0.2, -0.15) is 13.9 Å². The van der Waals surface area contributed by atoms with Gasteiger partial charge >= 0.3 is 5.92 Å². The number of rotatable bonds is 10. The second-order valence-corrected chi connectivity index (χ2v) is 11.2. The number of aromatic nitrogens is 3. The summed E-state index contributed by atoms with van der Waals surface area (Å²) in [6.45, 7) is -0.508. The van der Waals surface area contributed by atoms with Gasteiger partial charge in [-0.05, 0) is 60.2 Å². The fourth-order valence-corrected chi connectivity index (χ4v) is 4.99. The Morgan fingerprint density at radius 2 is 1.65 bits per heavy atom. The lowest BCUT2D eigenvalue weighted by molar-refractivity contribution is -0.527. The molecule has 0 saturated heterocycles. The van der Waals surface area contributed by atoms with Gasteiger partial charge in [-0.1, -0.05) is 35.6 Å². The molecule has 1 N–H and O–H groups in total. The molecule has 2 aromatic heterocycles. The number of benzene rings is 3. The molecule has 0 bridgehead atoms. The third-order valence-electron chi connectivity index (χ3n) is 7.39. The maximum atomic E-state index is 15.8. The van der Waals surface area contributed by atoms with Crippen LogP contribution in [-0.4, -0.2) is 37.5 Å². The van der Waals surface area contributed by atoms with E-state index in [9.17, 15) is 18.3 Å². The molecule has 1 unspecified atom stereocenters. The fraction of sp³-hybridized carbons (Fsp3) is 0.147. The normalized spacial score (nSPS) is 13.6. The number of β-amino-alcohol motifs (C(OH)–C–C–N with tert-alkyl or cyclic N) is 1. The molecule has 0 fully saturated rings. The van der Waals surface area contributed by atoms with E-state index in [-0.39, 0.29) is 18.7 Å². The molecule has 3 aromatic carbocycles. The monoisotopic (exact) mass is 677 g/mol. The highest BCUT2D eigenvalue weighted by Crippen LogP contribution is 2.46. The third-order valence-corrected chi connectivity index (χ3v) is 7.58. The van der Waals surface area contributed by atoms with Crippen molar-refractivity contribution in [3.8, 4) is 17.6 Å². The molecule has 48 heavy (non-hydrogen) atoms. The maximum Gasteiger partial charge on any atom is 0.325 e. The first-order valence-corrected chi connectivity index (χ1v) is 14.6. The average Bonchev–Trinajstić information content (AvgIpc) is 3.46. The molecule has 0 aliphatic carbocycles. The number of hydrogen-bond donors (Lipinski definition) is 1. The molecular weight excluding hydrogens is 655 g/mol. The predicted molar refractivity (Wildman–Crippen MR) is 164 cm³/mol. The van der Waals surface area contributed by atoms with Crippen molar-refractivity contribution in [3.63, 3.8) is 0 Å². The summed E-state index contributed by atoms with van der Waals surface area (Å²) < 4.78 is 82.7. The Morgan fingerprint density at radius 3 is 2.27 bits per heavy atom. The Morgan fingerprint density at radius 1 is 0.896 bits per heavy atom. The zero-order valence-electron chi connectivity index (χ0n) is 24.7. The van der Waals surface area contributed by atoms with E-state index in [0.29, 0.717) is 33.5 Å². The van der Waals surface area contributed by atoms with Crippen LogP contribution in [0.25, 0.3) is 0 Å². The standard InChI is InChI=1S/C34H23ClF5N6O2/c35-26-16-43-45(18-26)17-25-7-3-24(13-30(25)37)19-48-28-9-4-22(5-10-28)1-2-23-6-12-32(41-15-23)34(39,40)33(47,20-46-21-42-44-46)29-11-8-27(36)14-31(29)38/h3-16,18,21,47H,17,19-20H2/q+1. The molecule has 6 rings (SSSR count). The summed E-state index contributed by atoms with van der Waals surface area (Å²) in [4.78, 5) is 3.81. The van der Waals surface area contributed by atoms with E-state index in [1.165, 1.54) is 23.0 Å². The number of aliphatic hydroxyl groups is 1. The molecule has 0 radical (unpaired) electrons. The van der Waals surface area contributed by atoms with Gasteiger partial charge in [0.2, 0.25) is 0 Å². The van der Waals surface area contributed by atoms with E-state index in [0.717, 1.165) is 35.4 Å². The Balaban J connectivity index is 1.10. The van der Waals surface area contributed by atoms with Gasteiger partial charge in [0.15, 0.2) is 5.60 Å². The first-order chi connectivity index (χ1) is 23.0. The maximum absolute atomic E-state index is 15.8. The third kappa shape index (κ3) is 6.95. The summed E-state index contributed by atoms with van der Waals surface area (Å²) in [5, 5.41) is 22.7. The lowest BCUT2D eigenvalue weighted by Gasteiger charge is -2.35. The summed E-state index contributed by atoms with van der Waals surface area (Å²) in [6, 6.07) is 15.8. The van der Waals surface area contributed by atoms with Gasteiger partial charge in [0.1, 0.15) is 42.0 Å². The molecule has 8 nitrogen and oxygen atoms in total. The highest BCUT2D eigenvalue weighted by molar-refractivity contribution is 6.30. The SMILES string of the molecule is OC(C[N+]1=NN=C1)(c1ccc(F)cc1F)C(F)(F)c1ccc(C#Cc2ccc(OCc3ccc(Cn4cc(Cl)cn4)c(F)c3)cc2)cn1. The highest BCUT2D eigenvalue weighted by Gasteiger charge is 2.59. The molecule has 1 aliphatic rings. The summed E-state index contributed by atoms with van der Waals surface area (Å²) >= 11 is 5.86. The Labute approximate surface area is 275 Å². The number of alkyl halides is 2. The summed E-state index contributed by atoms with van der Waals surface area (Å²) in [6.07, 6.45) is 5.26. The average molecular weight is 678 g/mol. The Bertz CT molecular complexity index is 2090. The molecule has 5 aromatic rings. The van der Waals surface area contributed by atoms with Crippen LogP contribution in [0.5, 0.6) is 5.75 Å². The van der Waals surface area contributed by atoms with Gasteiger partial charge in [0.25, 0.3) is 6.34 Å². The highest BCUT2D eigenvalue weighted by atomic mass is 35.5. The molecule has 0 saturated carbocycles. The van der Waals surface area contributed by atoms with Crippen molar-refractivity contribution in [1.29, 1.82) is 0 Å². The Hall–Kier alpha value is -5.45. The van der Waals surface area contributed by atoms with Gasteiger partial charge in [0, 0.05) is 45.8 Å². The summed E-state index contributed by atoms with van der Waals surface area (Å²) in [5.41, 5.74) is -2.92. The Kier molecular flexibility index (Phi) is 9.03. The van der Waals surface area contributed by atoms with Gasteiger partial charge in [-0.15, -0.1) is 4.70 Å². The minimum absolute atomic E-state index is 0.127. The van der Waals surface area contributed by atoms with E-state index in [1.54, 1.807) is 42.6 Å². The smallest absolute Gasteiger partial charge is 0.325 e. The topological polar surface area (TPSA) is 87.9 Å². The van der Waals surface area contributed by atoms with E-state index in [4.69, 9.17) is 16.3 Å². The zero-order chi connectivity index (χ0) is 33.9. The number of nitrogens with zero attached hydrogens (tertiary/aromatic N) is 6. The molecular formula is C34H23ClF5N6O2+. The lowest BCUT2D eigenvalue weighted by Crippen LogP contribution is -2.50. The first-order valence-electron chi connectivity index (χ1n) is 14.2. The number of hydrogen-bond acceptors (Lipinski definition) is 6. The quantitative estimate of drug-likeness (QED) is 0.100. The van der Waals surface area contributed by atoms with Gasteiger partial charge in [0.05, 0.1) is 23.0 Å². The fourth-order valence-electron chi connectivity index (χ4n) is 4.83. The van der Waals surface area contributed by atoms with Crippen LogP contribution in [0.4, 0.5) is 22.0 Å². The first kappa shape index (κ1) is 32.5. The van der Waals surface area contributed by atoms with Crippen LogP contribution in [0.3, 0.4) is 0 Å². The number of halogens is 6. The molecule has 242 valence electrons. The largest absolute Gasteiger partial charge is 0.489 e. The van der Waals surface area contributed by atoms with Crippen molar-refractivity contribution in [2.75, 3.05) is 6.54 Å². The van der Waals surface area contributed by atoms with Crippen LogP contribution < -0.4 is 4.74 Å². The van der Waals surface area contributed by atoms with E-state index in [2.05, 4.69) is 32.2 Å². The van der Waals surface area contributed by atoms with Crippen LogP contribution >= 0.6 is 11.6 Å². The van der Waals surface area contributed by atoms with Crippen LogP contribution in [-0.2, 0) is 24.7 Å². The molecule has 14 heteroatoms. The van der Waals surface area contributed by atoms with Crippen LogP contribution in [0.15, 0.2) is 102 Å². The van der Waals surface area contributed by atoms with Crippen molar-refractivity contribution in [3.05, 3.63) is 147 Å². The van der Waals surface area contributed by atoms with E-state index >= 15 is 8.78 Å². The van der Waals surface area contributed by atoms with Gasteiger partial charge < -0.3 is 9.84 Å². The van der Waals surface area contributed by atoms with Crippen molar-refractivity contribution < 1.29 is 36.5 Å². The van der Waals surface area contributed by atoms with Crippen molar-refractivity contribution in [2.24, 2.45) is 10.3 Å². The predicted octanol–water partition coefficient (Wildman–Crippen LogP) is 6.78. The molecule has 1 atom stereocenters. The van der Waals surface area contributed by atoms with Crippen molar-refractivity contribution >= 4 is 17.9 Å². The van der Waals surface area contributed by atoms with Crippen LogP contribution in [0.2, 0.25) is 5.02 Å². The van der Waals surface area contributed by atoms with Gasteiger partial charge in [-0.25, -0.2) is 13.2 Å². The zero-order valence-corrected chi connectivity index (χ0v) is 25.4. The van der Waals surface area contributed by atoms with E-state index in [1.807, 2.05) is 0 Å². The second-order valence-electron chi connectivity index (χ2n) is 10.8. The molecule has 3 heterocycles. The van der Waals surface area contributed by atoms with Crippen molar-refractivity contribution in [2.45, 2.75) is 24.7 Å². The van der Waals surface area contributed by atoms with Crippen LogP contribution in [0.1, 0.15) is 33.5 Å². The summed E-state index contributed by atoms with van der Waals surface area (Å²) in [5.74, 6) is -0.642.